The van der Waals surface area contributed by atoms with Crippen LogP contribution in [0.15, 0.2) is 42.9 Å². The van der Waals surface area contributed by atoms with E-state index in [-0.39, 0.29) is 0 Å². The van der Waals surface area contributed by atoms with Crippen LogP contribution in [0.4, 0.5) is 0 Å². The van der Waals surface area contributed by atoms with Crippen molar-refractivity contribution in [2.75, 3.05) is 19.6 Å². The summed E-state index contributed by atoms with van der Waals surface area (Å²) in [5.74, 6) is 1.12. The van der Waals surface area contributed by atoms with Crippen molar-refractivity contribution in [2.45, 2.75) is 19.5 Å². The van der Waals surface area contributed by atoms with Gasteiger partial charge in [-0.25, -0.2) is 9.97 Å². The number of piperazine rings is 1. The molecule has 25 heavy (non-hydrogen) atoms. The highest BCUT2D eigenvalue weighted by atomic mass is 32.1. The minimum absolute atomic E-state index is 0.304. The standard InChI is InChI=1S/C19H23N5S/c1-14-3-5-15(6-4-14)19-22-11-16(25-19)13-24-10-7-20-12-17(24)18-21-8-9-23(18)2/h3-6,8-9,11,17,20H,7,10,12-13H2,1-2H3. The molecule has 0 saturated carbocycles. The second-order valence-corrected chi connectivity index (χ2v) is 7.70. The van der Waals surface area contributed by atoms with Crippen LogP contribution in [0.25, 0.3) is 10.6 Å². The Bertz CT molecular complexity index is 836. The van der Waals surface area contributed by atoms with Gasteiger partial charge in [0.25, 0.3) is 0 Å². The average molecular weight is 353 g/mol. The Labute approximate surface area is 152 Å². The molecule has 1 saturated heterocycles. The molecule has 1 aromatic carbocycles. The van der Waals surface area contributed by atoms with Gasteiger partial charge in [-0.1, -0.05) is 29.8 Å². The fraction of sp³-hybridized carbons (Fsp3) is 0.368. The Morgan fingerprint density at radius 1 is 1.24 bits per heavy atom. The zero-order valence-electron chi connectivity index (χ0n) is 14.6. The lowest BCUT2D eigenvalue weighted by Gasteiger charge is -2.35. The van der Waals surface area contributed by atoms with Crippen LogP contribution < -0.4 is 5.32 Å². The maximum absolute atomic E-state index is 4.64. The van der Waals surface area contributed by atoms with Crippen molar-refractivity contribution in [3.05, 3.63) is 59.1 Å². The van der Waals surface area contributed by atoms with Gasteiger partial charge in [0, 0.05) is 62.3 Å². The number of thiazole rings is 1. The molecule has 5 nitrogen and oxygen atoms in total. The number of nitrogens with zero attached hydrogens (tertiary/aromatic N) is 4. The van der Waals surface area contributed by atoms with Crippen LogP contribution in [0.1, 0.15) is 22.3 Å². The Balaban J connectivity index is 1.52. The van der Waals surface area contributed by atoms with Crippen LogP contribution in [0.2, 0.25) is 0 Å². The molecule has 1 aliphatic heterocycles. The molecule has 0 spiro atoms. The predicted molar refractivity (Wildman–Crippen MR) is 102 cm³/mol. The number of aryl methyl sites for hydroxylation is 2. The lowest BCUT2D eigenvalue weighted by atomic mass is 10.1. The normalized spacial score (nSPS) is 18.6. The minimum atomic E-state index is 0.304. The van der Waals surface area contributed by atoms with Gasteiger partial charge in [-0.3, -0.25) is 4.90 Å². The second kappa shape index (κ2) is 7.07. The second-order valence-electron chi connectivity index (χ2n) is 6.58. The van der Waals surface area contributed by atoms with Gasteiger partial charge in [-0.05, 0) is 6.92 Å². The number of hydrogen-bond acceptors (Lipinski definition) is 5. The molecule has 1 unspecified atom stereocenters. The molecule has 0 radical (unpaired) electrons. The largest absolute Gasteiger partial charge is 0.337 e. The highest BCUT2D eigenvalue weighted by Crippen LogP contribution is 2.29. The van der Waals surface area contributed by atoms with Gasteiger partial charge in [0.15, 0.2) is 0 Å². The first-order valence-electron chi connectivity index (χ1n) is 8.64. The van der Waals surface area contributed by atoms with E-state index < -0.39 is 0 Å². The number of aromatic nitrogens is 3. The number of imidazole rings is 1. The van der Waals surface area contributed by atoms with Gasteiger partial charge in [-0.2, -0.15) is 0 Å². The van der Waals surface area contributed by atoms with E-state index in [1.165, 1.54) is 16.0 Å². The van der Waals surface area contributed by atoms with E-state index in [2.05, 4.69) is 63.0 Å². The molecule has 6 heteroatoms. The first-order chi connectivity index (χ1) is 12.2. The molecule has 1 N–H and O–H groups in total. The van der Waals surface area contributed by atoms with Crippen LogP contribution in [-0.4, -0.2) is 39.1 Å². The van der Waals surface area contributed by atoms with Gasteiger partial charge in [0.05, 0.1) is 6.04 Å². The Morgan fingerprint density at radius 3 is 2.84 bits per heavy atom. The van der Waals surface area contributed by atoms with Crippen LogP contribution in [0.3, 0.4) is 0 Å². The van der Waals surface area contributed by atoms with Crippen molar-refractivity contribution in [3.8, 4) is 10.6 Å². The molecule has 3 aromatic rings. The number of nitrogens with one attached hydrogen (secondary N) is 1. The smallest absolute Gasteiger partial charge is 0.127 e. The van der Waals surface area contributed by atoms with Crippen molar-refractivity contribution in [2.24, 2.45) is 7.05 Å². The molecule has 1 atom stereocenters. The third-order valence-corrected chi connectivity index (χ3v) is 5.75. The third-order valence-electron chi connectivity index (χ3n) is 4.72. The molecular formula is C19H23N5S. The first kappa shape index (κ1) is 16.4. The lowest BCUT2D eigenvalue weighted by Crippen LogP contribution is -2.46. The summed E-state index contributed by atoms with van der Waals surface area (Å²) in [7, 11) is 2.07. The molecular weight excluding hydrogens is 330 g/mol. The average Bonchev–Trinajstić information content (AvgIpc) is 3.25. The topological polar surface area (TPSA) is 46.0 Å². The fourth-order valence-corrected chi connectivity index (χ4v) is 4.24. The predicted octanol–water partition coefficient (Wildman–Crippen LogP) is 3.00. The number of hydrogen-bond donors (Lipinski definition) is 1. The highest BCUT2D eigenvalue weighted by molar-refractivity contribution is 7.15. The van der Waals surface area contributed by atoms with Crippen LogP contribution in [-0.2, 0) is 13.6 Å². The molecule has 1 fully saturated rings. The van der Waals surface area contributed by atoms with E-state index in [1.807, 2.05) is 18.6 Å². The van der Waals surface area contributed by atoms with Crippen molar-refractivity contribution >= 4 is 11.3 Å². The summed E-state index contributed by atoms with van der Waals surface area (Å²) in [6.45, 7) is 6.01. The summed E-state index contributed by atoms with van der Waals surface area (Å²) in [5, 5.41) is 4.59. The van der Waals surface area contributed by atoms with Gasteiger partial charge in [0.2, 0.25) is 0 Å². The maximum atomic E-state index is 4.64. The van der Waals surface area contributed by atoms with E-state index in [0.717, 1.165) is 37.0 Å². The van der Waals surface area contributed by atoms with Gasteiger partial charge < -0.3 is 9.88 Å². The monoisotopic (exact) mass is 353 g/mol. The summed E-state index contributed by atoms with van der Waals surface area (Å²) >= 11 is 1.79. The summed E-state index contributed by atoms with van der Waals surface area (Å²) in [6.07, 6.45) is 5.92. The van der Waals surface area contributed by atoms with E-state index in [4.69, 9.17) is 0 Å². The Hall–Kier alpha value is -2.02. The first-order valence-corrected chi connectivity index (χ1v) is 9.46. The van der Waals surface area contributed by atoms with Crippen molar-refractivity contribution in [1.82, 2.24) is 24.8 Å². The van der Waals surface area contributed by atoms with Crippen LogP contribution >= 0.6 is 11.3 Å². The molecule has 0 amide bonds. The van der Waals surface area contributed by atoms with Gasteiger partial charge >= 0.3 is 0 Å². The van der Waals surface area contributed by atoms with Crippen LogP contribution in [0.5, 0.6) is 0 Å². The van der Waals surface area contributed by atoms with E-state index >= 15 is 0 Å². The van der Waals surface area contributed by atoms with Crippen molar-refractivity contribution in [3.63, 3.8) is 0 Å². The summed E-state index contributed by atoms with van der Waals surface area (Å²) in [6, 6.07) is 8.89. The summed E-state index contributed by atoms with van der Waals surface area (Å²) in [4.78, 5) is 13.0. The van der Waals surface area contributed by atoms with Crippen LogP contribution in [0, 0.1) is 6.92 Å². The molecule has 3 heterocycles. The quantitative estimate of drug-likeness (QED) is 0.783. The van der Waals surface area contributed by atoms with Crippen molar-refractivity contribution < 1.29 is 0 Å². The van der Waals surface area contributed by atoms with Gasteiger partial charge in [-0.15, -0.1) is 11.3 Å². The molecule has 2 aromatic heterocycles. The zero-order chi connectivity index (χ0) is 17.2. The number of rotatable bonds is 4. The summed E-state index contributed by atoms with van der Waals surface area (Å²) in [5.41, 5.74) is 2.47. The lowest BCUT2D eigenvalue weighted by molar-refractivity contribution is 0.146. The summed E-state index contributed by atoms with van der Waals surface area (Å²) < 4.78 is 2.12. The van der Waals surface area contributed by atoms with E-state index in [0.29, 0.717) is 6.04 Å². The zero-order valence-corrected chi connectivity index (χ0v) is 15.5. The van der Waals surface area contributed by atoms with E-state index in [1.54, 1.807) is 11.3 Å². The molecule has 0 bridgehead atoms. The van der Waals surface area contributed by atoms with E-state index in [9.17, 15) is 0 Å². The molecule has 1 aliphatic rings. The van der Waals surface area contributed by atoms with Crippen molar-refractivity contribution in [1.29, 1.82) is 0 Å². The molecule has 130 valence electrons. The fourth-order valence-electron chi connectivity index (χ4n) is 3.30. The Morgan fingerprint density at radius 2 is 2.08 bits per heavy atom. The maximum Gasteiger partial charge on any atom is 0.127 e. The molecule has 4 rings (SSSR count). The molecule has 0 aliphatic carbocycles. The third kappa shape index (κ3) is 3.51. The Kier molecular flexibility index (Phi) is 4.65. The SMILES string of the molecule is Cc1ccc(-c2ncc(CN3CCNCC3c3nccn3C)s2)cc1. The highest BCUT2D eigenvalue weighted by Gasteiger charge is 2.27. The minimum Gasteiger partial charge on any atom is -0.337 e. The van der Waals surface area contributed by atoms with Gasteiger partial charge in [0.1, 0.15) is 10.8 Å². The number of benzene rings is 1.